The maximum absolute atomic E-state index is 10.2. The number of nitro groups is 1. The predicted octanol–water partition coefficient (Wildman–Crippen LogP) is 2.04. The Morgan fingerprint density at radius 3 is 2.36 bits per heavy atom. The third-order valence-corrected chi connectivity index (χ3v) is 1.27. The van der Waals surface area contributed by atoms with Crippen molar-refractivity contribution in [1.82, 2.24) is 9.97 Å². The highest BCUT2D eigenvalue weighted by molar-refractivity contribution is 6.31. The van der Waals surface area contributed by atoms with Gasteiger partial charge in [-0.1, -0.05) is 31.9 Å². The van der Waals surface area contributed by atoms with Crippen LogP contribution in [0.15, 0.2) is 6.33 Å². The summed E-state index contributed by atoms with van der Waals surface area (Å²) in [6.45, 7) is 4.25. The van der Waals surface area contributed by atoms with E-state index in [-0.39, 0.29) is 11.0 Å². The first kappa shape index (κ1) is 12.6. The molecule has 2 N–H and O–H groups in total. The minimum atomic E-state index is -0.725. The fourth-order valence-electron chi connectivity index (χ4n) is 0.539. The number of nitrogens with two attached hydrogens (primary N) is 1. The Hall–Kier alpha value is -1.43. The minimum absolute atomic E-state index is 0.227. The van der Waals surface area contributed by atoms with Crippen LogP contribution in [0.25, 0.3) is 0 Å². The van der Waals surface area contributed by atoms with Gasteiger partial charge in [-0.3, -0.25) is 10.1 Å². The lowest BCUT2D eigenvalue weighted by atomic mass is 10.5. The zero-order valence-corrected chi connectivity index (χ0v) is 8.65. The van der Waals surface area contributed by atoms with E-state index in [0.717, 1.165) is 6.33 Å². The molecular weight excluding hydrogens is 208 g/mol. The van der Waals surface area contributed by atoms with Crippen molar-refractivity contribution in [1.29, 1.82) is 0 Å². The number of aromatic nitrogens is 2. The SMILES string of the molecule is CCC.Nc1ncnc(Cl)c1[N+](=O)[O-]. The van der Waals surface area contributed by atoms with Crippen LogP contribution in [0.5, 0.6) is 0 Å². The highest BCUT2D eigenvalue weighted by atomic mass is 35.5. The number of anilines is 1. The smallest absolute Gasteiger partial charge is 0.348 e. The normalized spacial score (nSPS) is 8.79. The van der Waals surface area contributed by atoms with Gasteiger partial charge in [-0.2, -0.15) is 0 Å². The van der Waals surface area contributed by atoms with Crippen LogP contribution in [0, 0.1) is 10.1 Å². The molecule has 0 radical (unpaired) electrons. The van der Waals surface area contributed by atoms with Crippen LogP contribution in [0.4, 0.5) is 11.5 Å². The number of hydrogen-bond donors (Lipinski definition) is 1. The fourth-order valence-corrected chi connectivity index (χ4v) is 0.748. The Morgan fingerprint density at radius 1 is 1.57 bits per heavy atom. The van der Waals surface area contributed by atoms with Gasteiger partial charge in [0.2, 0.25) is 11.0 Å². The highest BCUT2D eigenvalue weighted by Crippen LogP contribution is 2.25. The van der Waals surface area contributed by atoms with Crippen LogP contribution < -0.4 is 5.73 Å². The molecule has 1 aromatic heterocycles. The summed E-state index contributed by atoms with van der Waals surface area (Å²) in [5.41, 5.74) is 4.70. The van der Waals surface area contributed by atoms with E-state index in [1.807, 2.05) is 0 Å². The molecule has 0 aromatic carbocycles. The van der Waals surface area contributed by atoms with Crippen LogP contribution >= 0.6 is 11.6 Å². The molecule has 0 aliphatic rings. The molecule has 0 amide bonds. The minimum Gasteiger partial charge on any atom is -0.378 e. The average molecular weight is 219 g/mol. The zero-order chi connectivity index (χ0) is 11.1. The molecule has 78 valence electrons. The lowest BCUT2D eigenvalue weighted by molar-refractivity contribution is -0.384. The van der Waals surface area contributed by atoms with Crippen LogP contribution in [0.3, 0.4) is 0 Å². The molecule has 0 saturated carbocycles. The van der Waals surface area contributed by atoms with E-state index in [4.69, 9.17) is 17.3 Å². The van der Waals surface area contributed by atoms with Gasteiger partial charge in [-0.05, 0) is 0 Å². The first-order valence-corrected chi connectivity index (χ1v) is 4.32. The Bertz CT molecular complexity index is 298. The first-order chi connectivity index (χ1) is 6.54. The second kappa shape index (κ2) is 6.09. The van der Waals surface area contributed by atoms with Gasteiger partial charge in [0.1, 0.15) is 6.33 Å². The van der Waals surface area contributed by atoms with E-state index in [0.29, 0.717) is 0 Å². The summed E-state index contributed by atoms with van der Waals surface area (Å²) in [6, 6.07) is 0. The average Bonchev–Trinajstić information content (AvgIpc) is 2.04. The first-order valence-electron chi connectivity index (χ1n) is 3.94. The Balaban J connectivity index is 0.000000500. The van der Waals surface area contributed by atoms with Crippen molar-refractivity contribution in [2.45, 2.75) is 20.3 Å². The van der Waals surface area contributed by atoms with Crippen LogP contribution in [0.1, 0.15) is 20.3 Å². The number of nitrogen functional groups attached to an aromatic ring is 1. The van der Waals surface area contributed by atoms with Gasteiger partial charge in [-0.25, -0.2) is 9.97 Å². The topological polar surface area (TPSA) is 94.9 Å². The molecule has 1 heterocycles. The van der Waals surface area contributed by atoms with Crippen LogP contribution in [0.2, 0.25) is 5.15 Å². The predicted molar refractivity (Wildman–Crippen MR) is 54.1 cm³/mol. The Labute approximate surface area is 86.3 Å². The van der Waals surface area contributed by atoms with Crippen molar-refractivity contribution in [3.05, 3.63) is 21.6 Å². The maximum atomic E-state index is 10.2. The monoisotopic (exact) mass is 218 g/mol. The molecule has 14 heavy (non-hydrogen) atoms. The van der Waals surface area contributed by atoms with E-state index in [2.05, 4.69) is 23.8 Å². The fraction of sp³-hybridized carbons (Fsp3) is 0.429. The molecule has 0 fully saturated rings. The van der Waals surface area contributed by atoms with Gasteiger partial charge < -0.3 is 5.73 Å². The third-order valence-electron chi connectivity index (χ3n) is 0.988. The van der Waals surface area contributed by atoms with E-state index in [1.165, 1.54) is 6.42 Å². The Kier molecular flexibility index (Phi) is 5.47. The molecule has 0 bridgehead atoms. The van der Waals surface area contributed by atoms with Crippen LogP contribution in [-0.4, -0.2) is 14.9 Å². The molecule has 0 atom stereocenters. The standard InChI is InChI=1S/C4H3ClN4O2.C3H8/c5-3-2(9(10)11)4(6)8-1-7-3;1-3-2/h1H,(H2,6,7,8);3H2,1-2H3. The van der Waals surface area contributed by atoms with Gasteiger partial charge in [-0.15, -0.1) is 0 Å². The van der Waals surface area contributed by atoms with Crippen molar-refractivity contribution in [2.24, 2.45) is 0 Å². The second-order valence-electron chi connectivity index (χ2n) is 2.36. The molecule has 1 rings (SSSR count). The lowest BCUT2D eigenvalue weighted by Gasteiger charge is -1.94. The summed E-state index contributed by atoms with van der Waals surface area (Å²) in [5, 5.41) is 9.96. The molecule has 0 unspecified atom stereocenters. The highest BCUT2D eigenvalue weighted by Gasteiger charge is 2.18. The molecule has 0 aliphatic carbocycles. The van der Waals surface area contributed by atoms with Gasteiger partial charge in [0.25, 0.3) is 0 Å². The van der Waals surface area contributed by atoms with E-state index < -0.39 is 10.6 Å². The van der Waals surface area contributed by atoms with Crippen LogP contribution in [-0.2, 0) is 0 Å². The zero-order valence-electron chi connectivity index (χ0n) is 7.90. The quantitative estimate of drug-likeness (QED) is 0.442. The maximum Gasteiger partial charge on any atom is 0.348 e. The molecule has 0 aliphatic heterocycles. The van der Waals surface area contributed by atoms with Gasteiger partial charge in [0.05, 0.1) is 4.92 Å². The summed E-state index contributed by atoms with van der Waals surface area (Å²) < 4.78 is 0. The van der Waals surface area contributed by atoms with Crippen molar-refractivity contribution in [3.8, 4) is 0 Å². The summed E-state index contributed by atoms with van der Waals surface area (Å²) in [6.07, 6.45) is 2.31. The molecule has 0 spiro atoms. The van der Waals surface area contributed by atoms with Gasteiger partial charge in [0, 0.05) is 0 Å². The number of rotatable bonds is 1. The molecule has 6 nitrogen and oxygen atoms in total. The third kappa shape index (κ3) is 3.53. The van der Waals surface area contributed by atoms with E-state index in [1.54, 1.807) is 0 Å². The molecule has 1 aromatic rings. The summed E-state index contributed by atoms with van der Waals surface area (Å²) in [5.74, 6) is -0.227. The summed E-state index contributed by atoms with van der Waals surface area (Å²) >= 11 is 5.35. The van der Waals surface area contributed by atoms with E-state index >= 15 is 0 Å². The number of nitrogens with zero attached hydrogens (tertiary/aromatic N) is 3. The molecule has 0 saturated heterocycles. The van der Waals surface area contributed by atoms with E-state index in [9.17, 15) is 10.1 Å². The van der Waals surface area contributed by atoms with Crippen molar-refractivity contribution in [2.75, 3.05) is 5.73 Å². The Morgan fingerprint density at radius 2 is 2.07 bits per heavy atom. The van der Waals surface area contributed by atoms with Crippen molar-refractivity contribution >= 4 is 23.1 Å². The van der Waals surface area contributed by atoms with Gasteiger partial charge in [0.15, 0.2) is 0 Å². The molecular formula is C7H11ClN4O2. The summed E-state index contributed by atoms with van der Waals surface area (Å²) in [7, 11) is 0. The van der Waals surface area contributed by atoms with Gasteiger partial charge >= 0.3 is 5.69 Å². The van der Waals surface area contributed by atoms with Crippen molar-refractivity contribution < 1.29 is 4.92 Å². The second-order valence-corrected chi connectivity index (χ2v) is 2.72. The van der Waals surface area contributed by atoms with Crippen molar-refractivity contribution in [3.63, 3.8) is 0 Å². The summed E-state index contributed by atoms with van der Waals surface area (Å²) in [4.78, 5) is 16.3. The largest absolute Gasteiger partial charge is 0.378 e. The lowest BCUT2D eigenvalue weighted by Crippen LogP contribution is -1.99. The number of hydrogen-bond acceptors (Lipinski definition) is 5. The molecule has 7 heteroatoms. The number of halogens is 1.